The molecule has 0 aliphatic carbocycles. The number of hydrogen-bond acceptors (Lipinski definition) is 4. The first kappa shape index (κ1) is 14.0. The lowest BCUT2D eigenvalue weighted by Crippen LogP contribution is -2.26. The van der Waals surface area contributed by atoms with Gasteiger partial charge in [-0.3, -0.25) is 4.79 Å². The van der Waals surface area contributed by atoms with E-state index in [0.29, 0.717) is 13.0 Å². The van der Waals surface area contributed by atoms with Crippen molar-refractivity contribution in [2.24, 2.45) is 0 Å². The van der Waals surface area contributed by atoms with E-state index in [-0.39, 0.29) is 23.1 Å². The van der Waals surface area contributed by atoms with Gasteiger partial charge in [0.05, 0.1) is 5.56 Å². The summed E-state index contributed by atoms with van der Waals surface area (Å²) in [5, 5.41) is 3.57. The number of amides is 1. The number of nitrogens with zero attached hydrogens (tertiary/aromatic N) is 2. The molecule has 6 nitrogen and oxygen atoms in total. The van der Waals surface area contributed by atoms with Crippen LogP contribution in [-0.4, -0.2) is 27.4 Å². The van der Waals surface area contributed by atoms with Gasteiger partial charge in [-0.1, -0.05) is 0 Å². The zero-order chi connectivity index (χ0) is 15.5. The number of hydrogen-bond donors (Lipinski definition) is 3. The van der Waals surface area contributed by atoms with Crippen molar-refractivity contribution in [3.05, 3.63) is 53.9 Å². The first-order valence-corrected chi connectivity index (χ1v) is 6.74. The highest BCUT2D eigenvalue weighted by Gasteiger charge is 2.11. The Kier molecular flexibility index (Phi) is 3.69. The summed E-state index contributed by atoms with van der Waals surface area (Å²) in [6.45, 7) is 0.399. The monoisotopic (exact) mass is 299 g/mol. The number of benzene rings is 1. The molecule has 3 aromatic rings. The van der Waals surface area contributed by atoms with Gasteiger partial charge in [0.2, 0.25) is 0 Å². The fourth-order valence-electron chi connectivity index (χ4n) is 2.28. The number of fused-ring (bicyclic) bond motifs is 1. The largest absolute Gasteiger partial charge is 0.383 e. The molecule has 0 radical (unpaired) electrons. The summed E-state index contributed by atoms with van der Waals surface area (Å²) in [5.41, 5.74) is 7.66. The third-order valence-corrected chi connectivity index (χ3v) is 3.40. The predicted molar refractivity (Wildman–Crippen MR) is 80.7 cm³/mol. The fraction of sp³-hybridized carbons (Fsp3) is 0.133. The molecule has 0 bridgehead atoms. The number of anilines is 1. The van der Waals surface area contributed by atoms with E-state index in [0.717, 1.165) is 16.5 Å². The quantitative estimate of drug-likeness (QED) is 0.682. The molecule has 4 N–H and O–H groups in total. The van der Waals surface area contributed by atoms with Gasteiger partial charge >= 0.3 is 0 Å². The maximum absolute atomic E-state index is 13.3. The minimum atomic E-state index is -0.330. The van der Waals surface area contributed by atoms with Crippen LogP contribution in [0.3, 0.4) is 0 Å². The molecule has 112 valence electrons. The van der Waals surface area contributed by atoms with Crippen LogP contribution < -0.4 is 11.1 Å². The second kappa shape index (κ2) is 5.80. The number of carbonyl (C=O) groups excluding carboxylic acids is 1. The summed E-state index contributed by atoms with van der Waals surface area (Å²) in [4.78, 5) is 22.6. The van der Waals surface area contributed by atoms with E-state index in [1.165, 1.54) is 24.7 Å². The molecule has 2 heterocycles. The summed E-state index contributed by atoms with van der Waals surface area (Å²) < 4.78 is 13.3. The Labute approximate surface area is 125 Å². The van der Waals surface area contributed by atoms with E-state index in [4.69, 9.17) is 5.73 Å². The molecule has 1 amide bonds. The van der Waals surface area contributed by atoms with Crippen LogP contribution >= 0.6 is 0 Å². The molecule has 0 spiro atoms. The average molecular weight is 299 g/mol. The second-order valence-corrected chi connectivity index (χ2v) is 4.83. The maximum Gasteiger partial charge on any atom is 0.256 e. The molecule has 0 unspecified atom stereocenters. The molecule has 0 aliphatic rings. The van der Waals surface area contributed by atoms with Gasteiger partial charge in [0.1, 0.15) is 18.0 Å². The van der Waals surface area contributed by atoms with Gasteiger partial charge in [0.25, 0.3) is 5.91 Å². The Morgan fingerprint density at radius 2 is 2.27 bits per heavy atom. The second-order valence-electron chi connectivity index (χ2n) is 4.83. The van der Waals surface area contributed by atoms with Crippen LogP contribution in [0, 0.1) is 5.82 Å². The number of nitrogens with two attached hydrogens (primary N) is 1. The minimum absolute atomic E-state index is 0.140. The van der Waals surface area contributed by atoms with Crippen LogP contribution in [0.5, 0.6) is 0 Å². The molecule has 22 heavy (non-hydrogen) atoms. The van der Waals surface area contributed by atoms with Crippen molar-refractivity contribution in [3.63, 3.8) is 0 Å². The van der Waals surface area contributed by atoms with E-state index in [9.17, 15) is 9.18 Å². The van der Waals surface area contributed by atoms with Crippen LogP contribution in [0.4, 0.5) is 10.2 Å². The summed E-state index contributed by atoms with van der Waals surface area (Å²) in [7, 11) is 0. The summed E-state index contributed by atoms with van der Waals surface area (Å²) in [6.07, 6.45) is 5.05. The minimum Gasteiger partial charge on any atom is -0.383 e. The van der Waals surface area contributed by atoms with E-state index >= 15 is 0 Å². The highest BCUT2D eigenvalue weighted by atomic mass is 19.1. The van der Waals surface area contributed by atoms with E-state index < -0.39 is 0 Å². The number of rotatable bonds is 4. The predicted octanol–water partition coefficient (Wildman–Crippen LogP) is 1.65. The Balaban J connectivity index is 1.66. The van der Waals surface area contributed by atoms with Gasteiger partial charge in [0.15, 0.2) is 0 Å². The Hall–Kier alpha value is -2.96. The van der Waals surface area contributed by atoms with Crippen molar-refractivity contribution in [2.75, 3.05) is 12.3 Å². The molecule has 0 fully saturated rings. The van der Waals surface area contributed by atoms with Gasteiger partial charge in [-0.05, 0) is 30.2 Å². The van der Waals surface area contributed by atoms with Crippen LogP contribution in [0.1, 0.15) is 15.9 Å². The molecule has 0 aliphatic heterocycles. The van der Waals surface area contributed by atoms with Gasteiger partial charge in [-0.25, -0.2) is 14.4 Å². The van der Waals surface area contributed by atoms with E-state index in [1.807, 2.05) is 6.20 Å². The van der Waals surface area contributed by atoms with E-state index in [1.54, 1.807) is 6.07 Å². The molecule has 0 saturated carbocycles. The summed E-state index contributed by atoms with van der Waals surface area (Å²) in [6, 6.07) is 4.57. The van der Waals surface area contributed by atoms with Gasteiger partial charge in [-0.15, -0.1) is 0 Å². The van der Waals surface area contributed by atoms with Crippen LogP contribution in [-0.2, 0) is 6.42 Å². The van der Waals surface area contributed by atoms with Crippen LogP contribution in [0.2, 0.25) is 0 Å². The zero-order valence-corrected chi connectivity index (χ0v) is 11.6. The van der Waals surface area contributed by atoms with Crippen molar-refractivity contribution >= 4 is 22.6 Å². The average Bonchev–Trinajstić information content (AvgIpc) is 2.90. The lowest BCUT2D eigenvalue weighted by Gasteiger charge is -2.06. The first-order valence-electron chi connectivity index (χ1n) is 6.74. The molecule has 0 atom stereocenters. The SMILES string of the molecule is Nc1ncncc1C(=O)NCCc1c[nH]c2ccc(F)cc12. The Bertz CT molecular complexity index is 830. The molecule has 0 saturated heterocycles. The van der Waals surface area contributed by atoms with Crippen molar-refractivity contribution < 1.29 is 9.18 Å². The highest BCUT2D eigenvalue weighted by molar-refractivity contribution is 5.97. The molecular formula is C15H14FN5O. The number of aromatic nitrogens is 3. The number of nitrogen functional groups attached to an aromatic ring is 1. The normalized spacial score (nSPS) is 10.8. The maximum atomic E-state index is 13.3. The fourth-order valence-corrected chi connectivity index (χ4v) is 2.28. The summed E-state index contributed by atoms with van der Waals surface area (Å²) >= 11 is 0. The van der Waals surface area contributed by atoms with Crippen LogP contribution in [0.25, 0.3) is 10.9 Å². The number of aromatic amines is 1. The van der Waals surface area contributed by atoms with Gasteiger partial charge in [-0.2, -0.15) is 0 Å². The molecule has 1 aromatic carbocycles. The zero-order valence-electron chi connectivity index (χ0n) is 11.6. The van der Waals surface area contributed by atoms with Crippen molar-refractivity contribution in [2.45, 2.75) is 6.42 Å². The number of carbonyl (C=O) groups is 1. The highest BCUT2D eigenvalue weighted by Crippen LogP contribution is 2.19. The van der Waals surface area contributed by atoms with E-state index in [2.05, 4.69) is 20.3 Å². The molecule has 7 heteroatoms. The standard InChI is InChI=1S/C15H14FN5O/c16-10-1-2-13-11(5-10)9(6-20-13)3-4-19-15(22)12-7-18-8-21-14(12)17/h1-2,5-8,20H,3-4H2,(H,19,22)(H2,17,18,21). The van der Waals surface area contributed by atoms with Crippen molar-refractivity contribution in [1.29, 1.82) is 0 Å². The summed E-state index contributed by atoms with van der Waals surface area (Å²) in [5.74, 6) is -0.475. The van der Waals surface area contributed by atoms with Crippen LogP contribution in [0.15, 0.2) is 36.9 Å². The molecule has 3 rings (SSSR count). The van der Waals surface area contributed by atoms with Gasteiger partial charge in [0, 0.05) is 29.8 Å². The third kappa shape index (κ3) is 2.73. The molecular weight excluding hydrogens is 285 g/mol. The first-order chi connectivity index (χ1) is 10.6. The Morgan fingerprint density at radius 3 is 3.09 bits per heavy atom. The lowest BCUT2D eigenvalue weighted by molar-refractivity contribution is 0.0954. The van der Waals surface area contributed by atoms with Gasteiger partial charge < -0.3 is 16.0 Å². The smallest absolute Gasteiger partial charge is 0.256 e. The number of nitrogens with one attached hydrogen (secondary N) is 2. The third-order valence-electron chi connectivity index (χ3n) is 3.40. The molecule has 2 aromatic heterocycles. The van der Waals surface area contributed by atoms with Crippen molar-refractivity contribution in [3.8, 4) is 0 Å². The lowest BCUT2D eigenvalue weighted by atomic mass is 10.1. The topological polar surface area (TPSA) is 96.7 Å². The number of H-pyrrole nitrogens is 1. The number of halogens is 1. The van der Waals surface area contributed by atoms with Crippen molar-refractivity contribution in [1.82, 2.24) is 20.3 Å². The Morgan fingerprint density at radius 1 is 1.41 bits per heavy atom.